The van der Waals surface area contributed by atoms with E-state index in [1.807, 2.05) is 4.90 Å². The fraction of sp³-hybridized carbons (Fsp3) is 0.565. The standard InChI is InChI=1S/C23H30N4O6S2/c1-12(2)8-9-27-20-14-5-4-13(10-14)18(20)21(28)19(23(27)29)22-24-16-7-6-15(25-34(3,30)31)11-17(16)35(32,33)26-22/h6-7,11-14,18,20,25,28H,4-5,8-10H2,1-3H3,(H,24,26)/t13-,14+,18-,20+/m1/s1. The van der Waals surface area contributed by atoms with Crippen LogP contribution in [0.3, 0.4) is 0 Å². The summed E-state index contributed by atoms with van der Waals surface area (Å²) in [4.78, 5) is 15.3. The largest absolute Gasteiger partial charge is 0.511 e. The van der Waals surface area contributed by atoms with Crippen molar-refractivity contribution in [3.8, 4) is 0 Å². The monoisotopic (exact) mass is 522 g/mol. The van der Waals surface area contributed by atoms with Crippen molar-refractivity contribution in [2.75, 3.05) is 22.8 Å². The van der Waals surface area contributed by atoms with Crippen LogP contribution >= 0.6 is 0 Å². The van der Waals surface area contributed by atoms with Gasteiger partial charge in [-0.25, -0.2) is 8.42 Å². The van der Waals surface area contributed by atoms with Gasteiger partial charge in [-0.3, -0.25) is 9.52 Å². The van der Waals surface area contributed by atoms with Gasteiger partial charge in [0.25, 0.3) is 15.9 Å². The number of carbonyl (C=O) groups is 1. The van der Waals surface area contributed by atoms with Gasteiger partial charge in [0.15, 0.2) is 5.84 Å². The number of fused-ring (bicyclic) bond motifs is 6. The lowest BCUT2D eigenvalue weighted by molar-refractivity contribution is -0.133. The molecule has 2 saturated carbocycles. The van der Waals surface area contributed by atoms with E-state index in [9.17, 15) is 26.7 Å². The van der Waals surface area contributed by atoms with Crippen LogP contribution in [0, 0.1) is 23.7 Å². The van der Waals surface area contributed by atoms with Crippen LogP contribution in [0.2, 0.25) is 0 Å². The zero-order valence-corrected chi connectivity index (χ0v) is 21.5. The molecule has 1 aromatic carbocycles. The molecule has 2 bridgehead atoms. The number of nitrogens with zero attached hydrogens (tertiary/aromatic N) is 2. The summed E-state index contributed by atoms with van der Waals surface area (Å²) < 4.78 is 55.4. The Balaban J connectivity index is 1.55. The van der Waals surface area contributed by atoms with Crippen LogP contribution in [0.15, 0.2) is 38.8 Å². The molecule has 35 heavy (non-hydrogen) atoms. The smallest absolute Gasteiger partial charge is 0.286 e. The van der Waals surface area contributed by atoms with Crippen molar-refractivity contribution in [2.24, 2.45) is 28.1 Å². The minimum absolute atomic E-state index is 0.0681. The maximum atomic E-state index is 13.7. The fourth-order valence-electron chi connectivity index (χ4n) is 6.06. The molecule has 0 aromatic heterocycles. The van der Waals surface area contributed by atoms with Crippen LogP contribution in [0.25, 0.3) is 0 Å². The third kappa shape index (κ3) is 4.20. The van der Waals surface area contributed by atoms with E-state index in [1.165, 1.54) is 18.2 Å². The van der Waals surface area contributed by atoms with E-state index in [4.69, 9.17) is 0 Å². The van der Waals surface area contributed by atoms with Crippen molar-refractivity contribution in [2.45, 2.75) is 50.5 Å². The molecule has 12 heteroatoms. The van der Waals surface area contributed by atoms with Gasteiger partial charge in [-0.1, -0.05) is 13.8 Å². The van der Waals surface area contributed by atoms with Crippen molar-refractivity contribution in [3.05, 3.63) is 29.5 Å². The van der Waals surface area contributed by atoms with Crippen LogP contribution in [0.5, 0.6) is 0 Å². The Kier molecular flexibility index (Phi) is 5.67. The number of sulfonamides is 2. The summed E-state index contributed by atoms with van der Waals surface area (Å²) in [5.41, 5.74) is 0.150. The second kappa shape index (κ2) is 8.22. The Bertz CT molecular complexity index is 1370. The van der Waals surface area contributed by atoms with Crippen LogP contribution < -0.4 is 10.0 Å². The number of rotatable bonds is 6. The first-order chi connectivity index (χ1) is 16.4. The van der Waals surface area contributed by atoms with Crippen molar-refractivity contribution in [3.63, 3.8) is 0 Å². The maximum absolute atomic E-state index is 13.7. The molecule has 2 fully saturated rings. The van der Waals surface area contributed by atoms with Crippen LogP contribution in [0.1, 0.15) is 39.5 Å². The summed E-state index contributed by atoms with van der Waals surface area (Å²) in [7, 11) is -7.87. The minimum Gasteiger partial charge on any atom is -0.511 e. The number of hydrogen-bond acceptors (Lipinski definition) is 7. The number of amides is 1. The summed E-state index contributed by atoms with van der Waals surface area (Å²) in [5, 5.41) is 14.2. The average Bonchev–Trinajstić information content (AvgIpc) is 3.35. The maximum Gasteiger partial charge on any atom is 0.286 e. The Labute approximate surface area is 205 Å². The van der Waals surface area contributed by atoms with Gasteiger partial charge in [0.1, 0.15) is 16.2 Å². The molecule has 1 amide bonds. The highest BCUT2D eigenvalue weighted by Gasteiger charge is 2.57. The number of aliphatic hydroxyl groups excluding tert-OH is 1. The molecule has 10 nitrogen and oxygen atoms in total. The molecular formula is C23H30N4O6S2. The molecule has 4 atom stereocenters. The molecule has 3 N–H and O–H groups in total. The van der Waals surface area contributed by atoms with Crippen LogP contribution in [-0.2, 0) is 24.8 Å². The first-order valence-electron chi connectivity index (χ1n) is 11.8. The summed E-state index contributed by atoms with van der Waals surface area (Å²) in [5.74, 6) is 0.0900. The third-order valence-electron chi connectivity index (χ3n) is 7.49. The molecule has 0 unspecified atom stereocenters. The van der Waals surface area contributed by atoms with Gasteiger partial charge in [0.05, 0.1) is 11.9 Å². The molecule has 190 valence electrons. The van der Waals surface area contributed by atoms with E-state index in [0.29, 0.717) is 18.4 Å². The lowest BCUT2D eigenvalue weighted by Gasteiger charge is -2.44. The average molecular weight is 523 g/mol. The summed E-state index contributed by atoms with van der Waals surface area (Å²) in [6, 6.07) is 3.94. The van der Waals surface area contributed by atoms with Crippen molar-refractivity contribution in [1.29, 1.82) is 0 Å². The molecular weight excluding hydrogens is 492 g/mol. The first-order valence-corrected chi connectivity index (χ1v) is 15.2. The molecule has 1 aromatic rings. The topological polar surface area (TPSA) is 145 Å². The summed E-state index contributed by atoms with van der Waals surface area (Å²) in [6.45, 7) is 4.71. The van der Waals surface area contributed by atoms with E-state index in [0.717, 1.165) is 31.9 Å². The number of benzene rings is 1. The van der Waals surface area contributed by atoms with E-state index >= 15 is 0 Å². The number of carbonyl (C=O) groups excluding carboxylic acids is 1. The van der Waals surface area contributed by atoms with E-state index in [-0.39, 0.29) is 51.3 Å². The minimum atomic E-state index is -4.27. The Morgan fingerprint density at radius 3 is 2.66 bits per heavy atom. The van der Waals surface area contributed by atoms with E-state index < -0.39 is 26.0 Å². The third-order valence-corrected chi connectivity index (χ3v) is 9.41. The van der Waals surface area contributed by atoms with Gasteiger partial charge in [0, 0.05) is 24.2 Å². The first kappa shape index (κ1) is 24.1. The van der Waals surface area contributed by atoms with Gasteiger partial charge < -0.3 is 15.3 Å². The van der Waals surface area contributed by atoms with Gasteiger partial charge in [-0.2, -0.15) is 8.42 Å². The molecule has 0 spiro atoms. The molecule has 0 radical (unpaired) electrons. The SMILES string of the molecule is CC(C)CCN1C(=O)C(C2=NS(=O)(=O)c3cc(NS(C)(=O)=O)ccc3N2)=C(O)[C@@H]2[C@@H]3CC[C@@H](C3)[C@@H]21. The lowest BCUT2D eigenvalue weighted by atomic mass is 9.77. The van der Waals surface area contributed by atoms with E-state index in [1.54, 1.807) is 0 Å². The second-order valence-electron chi connectivity index (χ2n) is 10.4. The lowest BCUT2D eigenvalue weighted by Crippen LogP contribution is -2.54. The second-order valence-corrected chi connectivity index (χ2v) is 13.7. The highest BCUT2D eigenvalue weighted by Crippen LogP contribution is 2.55. The van der Waals surface area contributed by atoms with Crippen LogP contribution in [-0.4, -0.2) is 57.4 Å². The quantitative estimate of drug-likeness (QED) is 0.521. The Hall–Kier alpha value is -2.60. The normalized spacial score (nSPS) is 29.1. The predicted octanol–water partition coefficient (Wildman–Crippen LogP) is 2.69. The van der Waals surface area contributed by atoms with Crippen molar-refractivity contribution >= 4 is 43.2 Å². The molecule has 5 rings (SSSR count). The van der Waals surface area contributed by atoms with Crippen molar-refractivity contribution < 1.29 is 26.7 Å². The fourth-order valence-corrected chi connectivity index (χ4v) is 7.77. The zero-order chi connectivity index (χ0) is 25.3. The Morgan fingerprint density at radius 2 is 1.97 bits per heavy atom. The molecule has 2 heterocycles. The highest BCUT2D eigenvalue weighted by atomic mass is 32.2. The van der Waals surface area contributed by atoms with E-state index in [2.05, 4.69) is 28.3 Å². The summed E-state index contributed by atoms with van der Waals surface area (Å²) in [6.07, 6.45) is 4.73. The van der Waals surface area contributed by atoms with Crippen LogP contribution in [0.4, 0.5) is 11.4 Å². The van der Waals surface area contributed by atoms with Gasteiger partial charge in [-0.15, -0.1) is 4.40 Å². The number of nitrogens with one attached hydrogen (secondary N) is 2. The number of hydrogen-bond donors (Lipinski definition) is 3. The highest BCUT2D eigenvalue weighted by molar-refractivity contribution is 7.92. The van der Waals surface area contributed by atoms with Gasteiger partial charge >= 0.3 is 0 Å². The zero-order valence-electron chi connectivity index (χ0n) is 19.9. The number of anilines is 2. The Morgan fingerprint density at radius 1 is 1.26 bits per heavy atom. The molecule has 0 saturated heterocycles. The molecule has 2 aliphatic heterocycles. The predicted molar refractivity (Wildman–Crippen MR) is 132 cm³/mol. The van der Waals surface area contributed by atoms with Gasteiger partial charge in [-0.05, 0) is 61.6 Å². The van der Waals surface area contributed by atoms with Gasteiger partial charge in [0.2, 0.25) is 10.0 Å². The number of amidine groups is 1. The van der Waals surface area contributed by atoms with Crippen molar-refractivity contribution in [1.82, 2.24) is 4.90 Å². The molecule has 4 aliphatic rings. The number of aliphatic hydroxyl groups is 1. The summed E-state index contributed by atoms with van der Waals surface area (Å²) >= 11 is 0. The molecule has 2 aliphatic carbocycles.